The van der Waals surface area contributed by atoms with Gasteiger partial charge in [0.2, 0.25) is 5.91 Å². The Hall–Kier alpha value is -2.58. The van der Waals surface area contributed by atoms with E-state index in [-0.39, 0.29) is 12.5 Å². The molecule has 0 bridgehead atoms. The standard InChI is InChI=1S/C24H20ClIN2O3/c1-30-21-11-19-20(12-22(21)31-2)28(14-26)23(29)13-27-24(19)17-5-3-4-16(10-17)15-6-8-18(25)9-7-15/h3-12H,13-14H2,1-2H3. The third-order valence-corrected chi connectivity index (χ3v) is 6.09. The van der Waals surface area contributed by atoms with Crippen molar-refractivity contribution in [3.05, 3.63) is 76.8 Å². The highest BCUT2D eigenvalue weighted by atomic mass is 127. The van der Waals surface area contributed by atoms with Crippen molar-refractivity contribution < 1.29 is 14.3 Å². The van der Waals surface area contributed by atoms with Gasteiger partial charge >= 0.3 is 0 Å². The van der Waals surface area contributed by atoms with E-state index < -0.39 is 0 Å². The van der Waals surface area contributed by atoms with E-state index in [0.29, 0.717) is 21.1 Å². The number of rotatable bonds is 5. The fourth-order valence-electron chi connectivity index (χ4n) is 3.60. The quantitative estimate of drug-likeness (QED) is 0.238. The maximum atomic E-state index is 12.8. The van der Waals surface area contributed by atoms with Crippen LogP contribution in [0.15, 0.2) is 65.7 Å². The van der Waals surface area contributed by atoms with Crippen molar-refractivity contribution in [1.29, 1.82) is 0 Å². The zero-order valence-electron chi connectivity index (χ0n) is 17.1. The Morgan fingerprint density at radius 1 is 0.968 bits per heavy atom. The number of benzene rings is 3. The topological polar surface area (TPSA) is 51.1 Å². The predicted molar refractivity (Wildman–Crippen MR) is 133 cm³/mol. The third-order valence-electron chi connectivity index (χ3n) is 5.15. The molecule has 0 saturated heterocycles. The molecule has 31 heavy (non-hydrogen) atoms. The van der Waals surface area contributed by atoms with Gasteiger partial charge in [-0.2, -0.15) is 0 Å². The monoisotopic (exact) mass is 546 g/mol. The molecule has 1 aliphatic heterocycles. The Balaban J connectivity index is 1.88. The van der Waals surface area contributed by atoms with Gasteiger partial charge in [-0.25, -0.2) is 0 Å². The van der Waals surface area contributed by atoms with Crippen LogP contribution in [0.2, 0.25) is 5.02 Å². The minimum Gasteiger partial charge on any atom is -0.493 e. The van der Waals surface area contributed by atoms with Crippen LogP contribution in [-0.2, 0) is 4.79 Å². The molecule has 0 unspecified atom stereocenters. The van der Waals surface area contributed by atoms with E-state index in [4.69, 9.17) is 26.1 Å². The number of alkyl halides is 1. The van der Waals surface area contributed by atoms with Gasteiger partial charge in [-0.1, -0.05) is 64.5 Å². The average molecular weight is 547 g/mol. The molecule has 7 heteroatoms. The molecule has 1 aliphatic rings. The summed E-state index contributed by atoms with van der Waals surface area (Å²) in [4.78, 5) is 19.2. The molecule has 0 radical (unpaired) electrons. The predicted octanol–water partition coefficient (Wildman–Crippen LogP) is 5.60. The van der Waals surface area contributed by atoms with E-state index in [9.17, 15) is 4.79 Å². The van der Waals surface area contributed by atoms with E-state index in [1.807, 2.05) is 54.6 Å². The number of fused-ring (bicyclic) bond motifs is 1. The molecule has 158 valence electrons. The molecule has 1 amide bonds. The normalized spacial score (nSPS) is 13.4. The Labute approximate surface area is 199 Å². The van der Waals surface area contributed by atoms with E-state index in [1.54, 1.807) is 19.1 Å². The minimum atomic E-state index is -0.0632. The fourth-order valence-corrected chi connectivity index (χ4v) is 4.47. The summed E-state index contributed by atoms with van der Waals surface area (Å²) in [7, 11) is 3.18. The Bertz CT molecular complexity index is 1160. The molecule has 0 saturated carbocycles. The molecule has 0 atom stereocenters. The Morgan fingerprint density at radius 2 is 1.65 bits per heavy atom. The number of benzodiazepines with no additional fused rings is 1. The van der Waals surface area contributed by atoms with Gasteiger partial charge in [0.25, 0.3) is 0 Å². The molecule has 0 N–H and O–H groups in total. The summed E-state index contributed by atoms with van der Waals surface area (Å²) in [6, 6.07) is 19.6. The fraction of sp³-hybridized carbons (Fsp3) is 0.167. The summed E-state index contributed by atoms with van der Waals surface area (Å²) < 4.78 is 11.5. The molecule has 3 aromatic rings. The highest BCUT2D eigenvalue weighted by Crippen LogP contribution is 2.38. The summed E-state index contributed by atoms with van der Waals surface area (Å²) in [6.45, 7) is 0.0722. The maximum absolute atomic E-state index is 12.8. The number of methoxy groups -OCH3 is 2. The first-order valence-corrected chi connectivity index (χ1v) is 11.5. The first-order chi connectivity index (χ1) is 15.0. The van der Waals surface area contributed by atoms with Crippen LogP contribution in [0.3, 0.4) is 0 Å². The van der Waals surface area contributed by atoms with Crippen LogP contribution in [0.4, 0.5) is 5.69 Å². The number of aliphatic imine (C=N–C) groups is 1. The zero-order valence-corrected chi connectivity index (χ0v) is 20.0. The van der Waals surface area contributed by atoms with Gasteiger partial charge in [-0.05, 0) is 35.4 Å². The van der Waals surface area contributed by atoms with Gasteiger partial charge < -0.3 is 14.4 Å². The smallest absolute Gasteiger partial charge is 0.249 e. The second kappa shape index (κ2) is 9.28. The molecule has 0 aromatic heterocycles. The van der Waals surface area contributed by atoms with Crippen molar-refractivity contribution in [2.75, 3.05) is 30.2 Å². The molecule has 0 spiro atoms. The number of carbonyl (C=O) groups excluding carboxylic acids is 1. The highest BCUT2D eigenvalue weighted by molar-refractivity contribution is 14.1. The molecular weight excluding hydrogens is 527 g/mol. The van der Waals surface area contributed by atoms with Gasteiger partial charge in [-0.3, -0.25) is 9.79 Å². The zero-order chi connectivity index (χ0) is 22.0. The minimum absolute atomic E-state index is 0.0632. The van der Waals surface area contributed by atoms with Crippen LogP contribution >= 0.6 is 34.2 Å². The number of hydrogen-bond donors (Lipinski definition) is 0. The molecule has 4 rings (SSSR count). The van der Waals surface area contributed by atoms with Crippen molar-refractivity contribution in [3.63, 3.8) is 0 Å². The largest absolute Gasteiger partial charge is 0.493 e. The maximum Gasteiger partial charge on any atom is 0.249 e. The number of amides is 1. The van der Waals surface area contributed by atoms with E-state index in [0.717, 1.165) is 33.7 Å². The first-order valence-electron chi connectivity index (χ1n) is 9.59. The van der Waals surface area contributed by atoms with Crippen LogP contribution in [0.1, 0.15) is 11.1 Å². The first kappa shape index (κ1) is 21.6. The van der Waals surface area contributed by atoms with Crippen LogP contribution in [0.5, 0.6) is 11.5 Å². The van der Waals surface area contributed by atoms with E-state index in [2.05, 4.69) is 28.7 Å². The van der Waals surface area contributed by atoms with Gasteiger partial charge in [0.15, 0.2) is 11.5 Å². The molecular formula is C24H20ClIN2O3. The van der Waals surface area contributed by atoms with Crippen molar-refractivity contribution in [2.45, 2.75) is 0 Å². The number of nitrogens with zero attached hydrogens (tertiary/aromatic N) is 2. The summed E-state index contributed by atoms with van der Waals surface area (Å²) in [6.07, 6.45) is 0. The summed E-state index contributed by atoms with van der Waals surface area (Å²) >= 11 is 8.23. The lowest BCUT2D eigenvalue weighted by Gasteiger charge is -2.22. The van der Waals surface area contributed by atoms with Gasteiger partial charge in [0.1, 0.15) is 6.54 Å². The van der Waals surface area contributed by atoms with Crippen LogP contribution in [-0.4, -0.2) is 36.9 Å². The van der Waals surface area contributed by atoms with Crippen LogP contribution in [0, 0.1) is 0 Å². The number of hydrogen-bond acceptors (Lipinski definition) is 4. The Kier molecular flexibility index (Phi) is 6.48. The number of halogens is 2. The third kappa shape index (κ3) is 4.27. The van der Waals surface area contributed by atoms with Crippen molar-refractivity contribution in [3.8, 4) is 22.6 Å². The average Bonchev–Trinajstić information content (AvgIpc) is 2.93. The second-order valence-electron chi connectivity index (χ2n) is 6.92. The number of anilines is 1. The number of carbonyl (C=O) groups is 1. The van der Waals surface area contributed by atoms with E-state index >= 15 is 0 Å². The lowest BCUT2D eigenvalue weighted by molar-refractivity contribution is -0.116. The molecule has 1 heterocycles. The lowest BCUT2D eigenvalue weighted by atomic mass is 9.96. The highest BCUT2D eigenvalue weighted by Gasteiger charge is 2.27. The molecule has 5 nitrogen and oxygen atoms in total. The summed E-state index contributed by atoms with van der Waals surface area (Å²) in [5, 5.41) is 0.695. The van der Waals surface area contributed by atoms with Crippen LogP contribution < -0.4 is 14.4 Å². The van der Waals surface area contributed by atoms with Crippen molar-refractivity contribution in [1.82, 2.24) is 0 Å². The lowest BCUT2D eigenvalue weighted by Crippen LogP contribution is -2.31. The molecule has 3 aromatic carbocycles. The van der Waals surface area contributed by atoms with Crippen molar-refractivity contribution in [2.24, 2.45) is 4.99 Å². The SMILES string of the molecule is COc1cc2c(cc1OC)N(CI)C(=O)CN=C2c1cccc(-c2ccc(Cl)cc2)c1. The summed E-state index contributed by atoms with van der Waals surface area (Å²) in [5.74, 6) is 1.09. The van der Waals surface area contributed by atoms with E-state index in [1.165, 1.54) is 0 Å². The number of ether oxygens (including phenoxy) is 2. The molecule has 0 fully saturated rings. The Morgan fingerprint density at radius 3 is 2.32 bits per heavy atom. The van der Waals surface area contributed by atoms with Gasteiger partial charge in [0, 0.05) is 22.2 Å². The van der Waals surface area contributed by atoms with Crippen molar-refractivity contribution >= 4 is 51.5 Å². The summed E-state index contributed by atoms with van der Waals surface area (Å²) in [5.41, 5.74) is 5.34. The van der Waals surface area contributed by atoms with Gasteiger partial charge in [0.05, 0.1) is 30.2 Å². The second-order valence-corrected chi connectivity index (χ2v) is 8.04. The van der Waals surface area contributed by atoms with Gasteiger partial charge in [-0.15, -0.1) is 0 Å². The van der Waals surface area contributed by atoms with Crippen LogP contribution in [0.25, 0.3) is 11.1 Å². The molecule has 0 aliphatic carbocycles.